The van der Waals surface area contributed by atoms with Crippen molar-refractivity contribution in [3.05, 3.63) is 101 Å². The maximum absolute atomic E-state index is 14.7. The van der Waals surface area contributed by atoms with Gasteiger partial charge in [-0.25, -0.2) is 14.2 Å². The molecule has 1 saturated heterocycles. The summed E-state index contributed by atoms with van der Waals surface area (Å²) in [6.07, 6.45) is -1.94. The van der Waals surface area contributed by atoms with Gasteiger partial charge in [0.25, 0.3) is 0 Å². The molecule has 1 aliphatic heterocycles. The van der Waals surface area contributed by atoms with E-state index in [0.29, 0.717) is 13.1 Å². The number of hydrogen-bond acceptors (Lipinski definition) is 8. The van der Waals surface area contributed by atoms with Crippen LogP contribution < -0.4 is 10.6 Å². The van der Waals surface area contributed by atoms with Gasteiger partial charge in [-0.1, -0.05) is 108 Å². The van der Waals surface area contributed by atoms with E-state index in [9.17, 15) is 38.6 Å². The van der Waals surface area contributed by atoms with Crippen LogP contribution in [0.25, 0.3) is 0 Å². The van der Waals surface area contributed by atoms with Gasteiger partial charge < -0.3 is 40.1 Å². The van der Waals surface area contributed by atoms with E-state index in [0.717, 1.165) is 27.4 Å². The SMILES string of the molecule is Cc1cccc(CN2CCN([C@H](C(=O)N[C@@H](Cc3ccccc3)C[C@H](OCOP(=O)(O)O)[C@H](Cc3ccccc3)NC(=O)[C@@H](N(C)C(=O)O)C(C)(C)C)C(C)(C)C)C2=O)n1. The van der Waals surface area contributed by atoms with Crippen molar-refractivity contribution in [3.63, 3.8) is 0 Å². The Bertz CT molecular complexity index is 1950. The Morgan fingerprint density at radius 2 is 1.45 bits per heavy atom. The summed E-state index contributed by atoms with van der Waals surface area (Å²) in [6.45, 7) is 12.9. The lowest BCUT2D eigenvalue weighted by molar-refractivity contribution is -0.133. The van der Waals surface area contributed by atoms with E-state index in [2.05, 4.69) is 15.6 Å². The molecule has 0 radical (unpaired) electrons. The zero-order chi connectivity index (χ0) is 44.4. The number of phosphoric ester groups is 1. The molecule has 17 heteroatoms. The fraction of sp³-hybridized carbons (Fsp3) is 0.512. The molecule has 0 bridgehead atoms. The Hall–Kier alpha value is -4.86. The molecule has 0 aliphatic carbocycles. The zero-order valence-corrected chi connectivity index (χ0v) is 36.7. The number of carbonyl (C=O) groups is 4. The summed E-state index contributed by atoms with van der Waals surface area (Å²) in [5, 5.41) is 16.1. The molecule has 1 aliphatic rings. The van der Waals surface area contributed by atoms with Gasteiger partial charge in [-0.3, -0.25) is 24.0 Å². The number of nitrogens with one attached hydrogen (secondary N) is 2. The lowest BCUT2D eigenvalue weighted by Gasteiger charge is -2.39. The summed E-state index contributed by atoms with van der Waals surface area (Å²) in [5.41, 5.74) is 1.63. The highest BCUT2D eigenvalue weighted by Crippen LogP contribution is 2.36. The van der Waals surface area contributed by atoms with Crippen LogP contribution in [0.1, 0.15) is 70.5 Å². The molecule has 60 heavy (non-hydrogen) atoms. The van der Waals surface area contributed by atoms with E-state index < -0.39 is 73.6 Å². The van der Waals surface area contributed by atoms with Gasteiger partial charge in [0.05, 0.1) is 24.4 Å². The van der Waals surface area contributed by atoms with Crippen LogP contribution in [0.3, 0.4) is 0 Å². The highest BCUT2D eigenvalue weighted by Gasteiger charge is 2.45. The minimum Gasteiger partial charge on any atom is -0.465 e. The van der Waals surface area contributed by atoms with Gasteiger partial charge in [0.1, 0.15) is 12.1 Å². The molecule has 4 rings (SSSR count). The predicted molar refractivity (Wildman–Crippen MR) is 225 cm³/mol. The number of rotatable bonds is 19. The molecular formula is C43H61N6O10P. The van der Waals surface area contributed by atoms with Crippen molar-refractivity contribution in [1.82, 2.24) is 30.3 Å². The highest BCUT2D eigenvalue weighted by molar-refractivity contribution is 7.46. The molecule has 1 fully saturated rings. The number of urea groups is 1. The number of benzene rings is 2. The van der Waals surface area contributed by atoms with Crippen molar-refractivity contribution in [2.75, 3.05) is 26.9 Å². The van der Waals surface area contributed by atoms with Gasteiger partial charge in [-0.15, -0.1) is 0 Å². The molecule has 0 unspecified atom stereocenters. The zero-order valence-electron chi connectivity index (χ0n) is 35.8. The first-order chi connectivity index (χ1) is 28.0. The van der Waals surface area contributed by atoms with Crippen molar-refractivity contribution in [3.8, 4) is 0 Å². The lowest BCUT2D eigenvalue weighted by atomic mass is 9.84. The number of aromatic nitrogens is 1. The first-order valence-electron chi connectivity index (χ1n) is 20.0. The maximum Gasteiger partial charge on any atom is 0.471 e. The molecule has 2 heterocycles. The van der Waals surface area contributed by atoms with E-state index >= 15 is 0 Å². The highest BCUT2D eigenvalue weighted by atomic mass is 31.2. The molecule has 5 N–H and O–H groups in total. The van der Waals surface area contributed by atoms with E-state index in [-0.39, 0.29) is 31.8 Å². The van der Waals surface area contributed by atoms with Crippen LogP contribution in [-0.4, -0.2) is 116 Å². The molecule has 5 amide bonds. The second-order valence-corrected chi connectivity index (χ2v) is 18.7. The molecule has 3 aromatic rings. The number of likely N-dealkylation sites (N-methyl/N-ethyl adjacent to an activating group) is 1. The molecule has 5 atom stereocenters. The van der Waals surface area contributed by atoms with Crippen LogP contribution in [0.2, 0.25) is 0 Å². The van der Waals surface area contributed by atoms with Gasteiger partial charge in [0.2, 0.25) is 11.8 Å². The van der Waals surface area contributed by atoms with Crippen molar-refractivity contribution >= 4 is 31.8 Å². The number of hydrogen-bond donors (Lipinski definition) is 5. The number of carboxylic acid groups (broad SMARTS) is 1. The third-order valence-electron chi connectivity index (χ3n) is 10.3. The van der Waals surface area contributed by atoms with Gasteiger partial charge >= 0.3 is 19.9 Å². The third-order valence-corrected chi connectivity index (χ3v) is 10.8. The minimum atomic E-state index is -5.00. The summed E-state index contributed by atoms with van der Waals surface area (Å²) in [7, 11) is -3.69. The fourth-order valence-electron chi connectivity index (χ4n) is 7.73. The van der Waals surface area contributed by atoms with Crippen LogP contribution in [0.5, 0.6) is 0 Å². The molecule has 328 valence electrons. The van der Waals surface area contributed by atoms with Crippen molar-refractivity contribution < 1.29 is 47.9 Å². The predicted octanol–water partition coefficient (Wildman–Crippen LogP) is 5.36. The maximum atomic E-state index is 14.7. The van der Waals surface area contributed by atoms with Crippen LogP contribution >= 0.6 is 7.82 Å². The van der Waals surface area contributed by atoms with E-state index in [4.69, 9.17) is 9.26 Å². The quantitative estimate of drug-likeness (QED) is 0.0765. The number of carbonyl (C=O) groups excluding carboxylic acids is 3. The molecule has 2 aromatic carbocycles. The average molecular weight is 853 g/mol. The summed E-state index contributed by atoms with van der Waals surface area (Å²) in [5.74, 6) is -1.04. The second kappa shape index (κ2) is 20.6. The number of phosphoric acid groups is 1. The number of pyridine rings is 1. The first-order valence-corrected chi connectivity index (χ1v) is 21.5. The fourth-order valence-corrected chi connectivity index (χ4v) is 7.92. The van der Waals surface area contributed by atoms with Gasteiger partial charge in [-0.2, -0.15) is 0 Å². The molecule has 1 aromatic heterocycles. The topological polar surface area (TPSA) is 211 Å². The Morgan fingerprint density at radius 1 is 0.850 bits per heavy atom. The van der Waals surface area contributed by atoms with Crippen molar-refractivity contribution in [2.45, 2.75) is 105 Å². The normalized spacial score (nSPS) is 16.1. The number of amides is 5. The summed E-state index contributed by atoms with van der Waals surface area (Å²) in [6, 6.07) is 20.2. The van der Waals surface area contributed by atoms with Gasteiger partial charge in [0.15, 0.2) is 6.79 Å². The smallest absolute Gasteiger partial charge is 0.465 e. The second-order valence-electron chi connectivity index (χ2n) is 17.5. The van der Waals surface area contributed by atoms with Crippen molar-refractivity contribution in [2.24, 2.45) is 10.8 Å². The standard InChI is InChI=1S/C43H61N6O10P/c1-29-16-15-21-32(44-29)27-48-22-23-49(40(48)52)37(43(5,6)7)39(51)45-33(24-30-17-11-9-12-18-30)26-35(58-28-59-60(55,56)57)34(25-31-19-13-10-14-20-31)46-38(50)36(42(2,3)4)47(8)41(53)54/h9-21,33-37H,22-28H2,1-8H3,(H,45,51)(H,46,50)(H,53,54)(H2,55,56,57)/t33-,34-,35-,36+,37+/m0/s1. The summed E-state index contributed by atoms with van der Waals surface area (Å²) >= 11 is 0. The molecular weight excluding hydrogens is 791 g/mol. The first kappa shape index (κ1) is 47.8. The number of ether oxygens (including phenoxy) is 1. The largest absolute Gasteiger partial charge is 0.471 e. The van der Waals surface area contributed by atoms with Gasteiger partial charge in [-0.05, 0) is 60.3 Å². The van der Waals surface area contributed by atoms with E-state index in [1.807, 2.05) is 107 Å². The summed E-state index contributed by atoms with van der Waals surface area (Å²) < 4.78 is 22.7. The van der Waals surface area contributed by atoms with Gasteiger partial charge in [0, 0.05) is 31.9 Å². The number of aryl methyl sites for hydroxylation is 1. The molecule has 0 spiro atoms. The number of nitrogens with zero attached hydrogens (tertiary/aromatic N) is 4. The van der Waals surface area contributed by atoms with E-state index in [1.165, 1.54) is 7.05 Å². The third kappa shape index (κ3) is 14.1. The Morgan fingerprint density at radius 3 is 1.98 bits per heavy atom. The van der Waals surface area contributed by atoms with Crippen LogP contribution in [0.15, 0.2) is 78.9 Å². The minimum absolute atomic E-state index is 0.00610. The Balaban J connectivity index is 1.73. The lowest BCUT2D eigenvalue weighted by Crippen LogP contribution is -2.59. The Labute approximate surface area is 352 Å². The van der Waals surface area contributed by atoms with E-state index in [1.54, 1.807) is 30.6 Å². The van der Waals surface area contributed by atoms with Crippen molar-refractivity contribution in [1.29, 1.82) is 0 Å². The monoisotopic (exact) mass is 852 g/mol. The molecule has 0 saturated carbocycles. The molecule has 16 nitrogen and oxygen atoms in total. The average Bonchev–Trinajstić information content (AvgIpc) is 3.48. The van der Waals surface area contributed by atoms with Crippen LogP contribution in [0, 0.1) is 17.8 Å². The van der Waals surface area contributed by atoms with Crippen LogP contribution in [0.4, 0.5) is 9.59 Å². The summed E-state index contributed by atoms with van der Waals surface area (Å²) in [4.78, 5) is 83.0. The Kier molecular flexibility index (Phi) is 16.4. The van der Waals surface area contributed by atoms with Crippen LogP contribution in [-0.2, 0) is 42.8 Å².